The molecule has 4 rings (SSSR count). The Morgan fingerprint density at radius 2 is 2.00 bits per heavy atom. The molecule has 3 N–H and O–H groups in total. The molecule has 1 aromatic heterocycles. The highest BCUT2D eigenvalue weighted by molar-refractivity contribution is 5.83. The van der Waals surface area contributed by atoms with Crippen molar-refractivity contribution in [1.82, 2.24) is 14.9 Å². The molecule has 0 amide bonds. The molecule has 1 aliphatic heterocycles. The number of aromatic nitrogens is 2. The number of halogens is 1. The van der Waals surface area contributed by atoms with Crippen molar-refractivity contribution < 1.29 is 4.39 Å². The van der Waals surface area contributed by atoms with Gasteiger partial charge in [-0.1, -0.05) is 68.2 Å². The van der Waals surface area contributed by atoms with E-state index in [4.69, 9.17) is 10.7 Å². The summed E-state index contributed by atoms with van der Waals surface area (Å²) < 4.78 is 15.1. The maximum Gasteiger partial charge on any atom is 0.146 e. The minimum atomic E-state index is -0.418. The van der Waals surface area contributed by atoms with Crippen molar-refractivity contribution in [2.24, 2.45) is 0 Å². The van der Waals surface area contributed by atoms with Gasteiger partial charge in [0.05, 0.1) is 11.4 Å². The fraction of sp³-hybridized carbons (Fsp3) is 0.303. The van der Waals surface area contributed by atoms with E-state index in [1.807, 2.05) is 38.1 Å². The predicted octanol–water partition coefficient (Wildman–Crippen LogP) is 7.49. The van der Waals surface area contributed by atoms with Crippen LogP contribution in [-0.2, 0) is 6.42 Å². The van der Waals surface area contributed by atoms with E-state index < -0.39 is 5.82 Å². The topological polar surface area (TPSA) is 57.9 Å². The normalized spacial score (nSPS) is 17.1. The molecular weight excluding hydrogens is 471 g/mol. The standard InChI is InChI=1S/C33H39FN4/c1-5-13-29(26-14-9-10-15-26)33-23(4)36-31(37-33)21-28-19-27(20-30(34)32(28)35)25(7-3)18-24(6-2)22-38-16-11-8-12-17-38/h5-7,9,13-15,18-20H,1-2,8,10-12,16-17,21-22,35H2,3-4H3,(H,36,37)/b24-18+,25-7+,29-13-. The molecule has 38 heavy (non-hydrogen) atoms. The summed E-state index contributed by atoms with van der Waals surface area (Å²) in [5.74, 6) is 0.325. The van der Waals surface area contributed by atoms with Gasteiger partial charge in [0.2, 0.25) is 0 Å². The molecule has 198 valence electrons. The zero-order valence-corrected chi connectivity index (χ0v) is 22.7. The summed E-state index contributed by atoms with van der Waals surface area (Å²) in [6.45, 7) is 15.0. The molecule has 5 heteroatoms. The predicted molar refractivity (Wildman–Crippen MR) is 159 cm³/mol. The number of aromatic amines is 1. The zero-order valence-electron chi connectivity index (χ0n) is 22.7. The number of anilines is 1. The Hall–Kier alpha value is -3.70. The third-order valence-electron chi connectivity index (χ3n) is 7.23. The van der Waals surface area contributed by atoms with E-state index >= 15 is 4.39 Å². The van der Waals surface area contributed by atoms with Gasteiger partial charge >= 0.3 is 0 Å². The largest absolute Gasteiger partial charge is 0.396 e. The first-order chi connectivity index (χ1) is 18.4. The van der Waals surface area contributed by atoms with Crippen LogP contribution in [-0.4, -0.2) is 34.5 Å². The van der Waals surface area contributed by atoms with E-state index in [-0.39, 0.29) is 5.69 Å². The zero-order chi connectivity index (χ0) is 27.1. The minimum Gasteiger partial charge on any atom is -0.396 e. The van der Waals surface area contributed by atoms with Crippen LogP contribution in [0.3, 0.4) is 0 Å². The smallest absolute Gasteiger partial charge is 0.146 e. The summed E-state index contributed by atoms with van der Waals surface area (Å²) in [5.41, 5.74) is 13.9. The number of rotatable bonds is 10. The lowest BCUT2D eigenvalue weighted by atomic mass is 9.97. The second kappa shape index (κ2) is 12.7. The third kappa shape index (κ3) is 6.40. The summed E-state index contributed by atoms with van der Waals surface area (Å²) in [6.07, 6.45) is 21.3. The van der Waals surface area contributed by atoms with Crippen molar-refractivity contribution in [3.05, 3.63) is 119 Å². The number of hydrogen-bond acceptors (Lipinski definition) is 3. The van der Waals surface area contributed by atoms with E-state index in [0.29, 0.717) is 12.0 Å². The summed E-state index contributed by atoms with van der Waals surface area (Å²) in [4.78, 5) is 10.7. The number of nitrogens with one attached hydrogen (secondary N) is 1. The van der Waals surface area contributed by atoms with Crippen molar-refractivity contribution in [2.75, 3.05) is 25.4 Å². The molecule has 0 radical (unpaired) electrons. The maximum atomic E-state index is 15.1. The lowest BCUT2D eigenvalue weighted by Crippen LogP contribution is -2.31. The van der Waals surface area contributed by atoms with Crippen molar-refractivity contribution in [2.45, 2.75) is 46.0 Å². The highest BCUT2D eigenvalue weighted by Gasteiger charge is 2.18. The van der Waals surface area contributed by atoms with Crippen LogP contribution in [0.15, 0.2) is 85.0 Å². The van der Waals surface area contributed by atoms with Crippen LogP contribution in [0, 0.1) is 12.7 Å². The first-order valence-electron chi connectivity index (χ1n) is 13.5. The van der Waals surface area contributed by atoms with Crippen LogP contribution >= 0.6 is 0 Å². The van der Waals surface area contributed by atoms with Gasteiger partial charge in [-0.05, 0) is 86.2 Å². The van der Waals surface area contributed by atoms with Gasteiger partial charge in [0.25, 0.3) is 0 Å². The Labute approximate surface area is 226 Å². The van der Waals surface area contributed by atoms with Gasteiger partial charge in [-0.2, -0.15) is 0 Å². The van der Waals surface area contributed by atoms with Crippen LogP contribution in [0.1, 0.15) is 60.9 Å². The molecule has 4 nitrogen and oxygen atoms in total. The average Bonchev–Trinajstić information content (AvgIpc) is 3.58. The molecule has 1 aliphatic carbocycles. The number of likely N-dealkylation sites (tertiary alicyclic amines) is 1. The Morgan fingerprint density at radius 1 is 1.21 bits per heavy atom. The molecule has 0 saturated carbocycles. The highest BCUT2D eigenvalue weighted by Crippen LogP contribution is 2.31. The van der Waals surface area contributed by atoms with Gasteiger partial charge in [-0.3, -0.25) is 4.90 Å². The molecule has 0 unspecified atom stereocenters. The summed E-state index contributed by atoms with van der Waals surface area (Å²) >= 11 is 0. The Morgan fingerprint density at radius 3 is 2.66 bits per heavy atom. The molecule has 2 aromatic rings. The van der Waals surface area contributed by atoms with Crippen LogP contribution in [0.5, 0.6) is 0 Å². The van der Waals surface area contributed by atoms with Crippen molar-refractivity contribution >= 4 is 16.8 Å². The van der Waals surface area contributed by atoms with Gasteiger partial charge in [0, 0.05) is 24.2 Å². The molecule has 2 aliphatic rings. The monoisotopic (exact) mass is 510 g/mol. The number of nitrogen functional groups attached to an aromatic ring is 1. The minimum absolute atomic E-state index is 0.157. The Bertz CT molecular complexity index is 1340. The molecule has 1 aromatic carbocycles. The van der Waals surface area contributed by atoms with Gasteiger partial charge < -0.3 is 10.7 Å². The number of nitrogens with two attached hydrogens (primary N) is 1. The van der Waals surface area contributed by atoms with E-state index in [1.165, 1.54) is 25.3 Å². The molecule has 1 saturated heterocycles. The van der Waals surface area contributed by atoms with E-state index in [0.717, 1.165) is 71.1 Å². The first-order valence-corrected chi connectivity index (χ1v) is 13.5. The van der Waals surface area contributed by atoms with E-state index in [9.17, 15) is 0 Å². The molecular formula is C33H39FN4. The van der Waals surface area contributed by atoms with E-state index in [1.54, 1.807) is 6.08 Å². The van der Waals surface area contributed by atoms with Crippen molar-refractivity contribution in [1.29, 1.82) is 0 Å². The maximum absolute atomic E-state index is 15.1. The van der Waals surface area contributed by atoms with Crippen LogP contribution in [0.4, 0.5) is 10.1 Å². The number of aryl methyl sites for hydroxylation is 1. The summed E-state index contributed by atoms with van der Waals surface area (Å²) in [5, 5.41) is 0. The molecule has 0 bridgehead atoms. The molecule has 2 heterocycles. The fourth-order valence-corrected chi connectivity index (χ4v) is 5.20. The average molecular weight is 511 g/mol. The van der Waals surface area contributed by atoms with Gasteiger partial charge in [-0.25, -0.2) is 9.37 Å². The lowest BCUT2D eigenvalue weighted by molar-refractivity contribution is 0.248. The SMILES string of the molecule is C=C/C=C(/C1=CCC=C1)c1nc(Cc2cc(C(/C=C(\C=C)CN3CCCCC3)=C/C)cc(F)c2N)[nH]c1C. The van der Waals surface area contributed by atoms with Gasteiger partial charge in [0.1, 0.15) is 11.6 Å². The quantitative estimate of drug-likeness (QED) is 0.257. The van der Waals surface area contributed by atoms with Crippen LogP contribution in [0.25, 0.3) is 11.1 Å². The number of piperidine rings is 1. The lowest BCUT2D eigenvalue weighted by Gasteiger charge is -2.26. The van der Waals surface area contributed by atoms with Crippen molar-refractivity contribution in [3.8, 4) is 0 Å². The summed E-state index contributed by atoms with van der Waals surface area (Å²) in [6, 6.07) is 3.50. The van der Waals surface area contributed by atoms with Crippen molar-refractivity contribution in [3.63, 3.8) is 0 Å². The van der Waals surface area contributed by atoms with Crippen LogP contribution in [0.2, 0.25) is 0 Å². The number of hydrogen-bond donors (Lipinski definition) is 2. The number of H-pyrrole nitrogens is 1. The number of allylic oxidation sites excluding steroid dienone is 10. The number of nitrogens with zero attached hydrogens (tertiary/aromatic N) is 2. The fourth-order valence-electron chi connectivity index (χ4n) is 5.20. The van der Waals surface area contributed by atoms with Gasteiger partial charge in [0.15, 0.2) is 0 Å². The van der Waals surface area contributed by atoms with E-state index in [2.05, 4.69) is 47.3 Å². The third-order valence-corrected chi connectivity index (χ3v) is 7.23. The van der Waals surface area contributed by atoms with Gasteiger partial charge in [-0.15, -0.1) is 0 Å². The molecule has 0 spiro atoms. The summed E-state index contributed by atoms with van der Waals surface area (Å²) in [7, 11) is 0. The molecule has 1 fully saturated rings. The van der Waals surface area contributed by atoms with Crippen LogP contribution < -0.4 is 5.73 Å². The molecule has 0 atom stereocenters. The second-order valence-corrected chi connectivity index (χ2v) is 9.98. The highest BCUT2D eigenvalue weighted by atomic mass is 19.1. The Balaban J connectivity index is 1.62. The Kier molecular flexibility index (Phi) is 9.14. The first kappa shape index (κ1) is 27.3. The second-order valence-electron chi connectivity index (χ2n) is 9.98. The number of benzene rings is 1. The number of imidazole rings is 1.